The molecule has 1 amide bonds. The average Bonchev–Trinajstić information content (AvgIpc) is 3.05. The van der Waals surface area contributed by atoms with E-state index in [9.17, 15) is 9.59 Å². The normalized spacial score (nSPS) is 11.5. The molecule has 26 heavy (non-hydrogen) atoms. The minimum atomic E-state index is -0.664. The number of aryl methyl sites for hydroxylation is 3. The Labute approximate surface area is 146 Å². The molecule has 4 rings (SSSR count). The first-order valence-electron chi connectivity index (χ1n) is 7.86. The summed E-state index contributed by atoms with van der Waals surface area (Å²) in [5.74, 6) is -0.517. The molecule has 9 heteroatoms. The van der Waals surface area contributed by atoms with E-state index in [1.165, 1.54) is 6.20 Å². The number of fused-ring (bicyclic) bond motifs is 2. The first kappa shape index (κ1) is 15.9. The van der Waals surface area contributed by atoms with E-state index < -0.39 is 11.7 Å². The number of aromatic amines is 1. The summed E-state index contributed by atoms with van der Waals surface area (Å²) >= 11 is 0. The van der Waals surface area contributed by atoms with Crippen LogP contribution in [0.3, 0.4) is 0 Å². The SMILES string of the molecule is Cc1ncc2c(C(N)=O)c(N)n(-c3c(C)cc4[nH]c(=O)oc4c3C)c2n1. The Kier molecular flexibility index (Phi) is 3.17. The molecule has 0 spiro atoms. The fourth-order valence-corrected chi connectivity index (χ4v) is 3.41. The number of rotatable bonds is 2. The van der Waals surface area contributed by atoms with Gasteiger partial charge in [0, 0.05) is 11.8 Å². The van der Waals surface area contributed by atoms with Crippen LogP contribution in [0.5, 0.6) is 0 Å². The van der Waals surface area contributed by atoms with Crippen molar-refractivity contribution in [3.05, 3.63) is 45.3 Å². The van der Waals surface area contributed by atoms with Crippen LogP contribution < -0.4 is 17.2 Å². The van der Waals surface area contributed by atoms with Gasteiger partial charge in [-0.15, -0.1) is 0 Å². The third kappa shape index (κ3) is 2.03. The maximum Gasteiger partial charge on any atom is 0.417 e. The summed E-state index contributed by atoms with van der Waals surface area (Å²) in [6, 6.07) is 1.78. The zero-order valence-corrected chi connectivity index (χ0v) is 14.4. The molecule has 4 aromatic rings. The van der Waals surface area contributed by atoms with Gasteiger partial charge < -0.3 is 15.9 Å². The van der Waals surface area contributed by atoms with Crippen molar-refractivity contribution in [1.29, 1.82) is 0 Å². The van der Waals surface area contributed by atoms with Gasteiger partial charge in [0.05, 0.1) is 22.2 Å². The third-order valence-electron chi connectivity index (χ3n) is 4.44. The second-order valence-electron chi connectivity index (χ2n) is 6.17. The highest BCUT2D eigenvalue weighted by Crippen LogP contribution is 2.35. The van der Waals surface area contributed by atoms with Crippen LogP contribution in [-0.4, -0.2) is 25.4 Å². The van der Waals surface area contributed by atoms with Gasteiger partial charge in [0.2, 0.25) is 0 Å². The van der Waals surface area contributed by atoms with Crippen LogP contribution in [-0.2, 0) is 0 Å². The maximum absolute atomic E-state index is 12.0. The summed E-state index contributed by atoms with van der Waals surface area (Å²) in [6.07, 6.45) is 1.53. The lowest BCUT2D eigenvalue weighted by Crippen LogP contribution is -2.14. The largest absolute Gasteiger partial charge is 0.417 e. The van der Waals surface area contributed by atoms with E-state index in [-0.39, 0.29) is 11.4 Å². The summed E-state index contributed by atoms with van der Waals surface area (Å²) < 4.78 is 6.91. The Hall–Kier alpha value is -3.62. The maximum atomic E-state index is 12.0. The minimum absolute atomic E-state index is 0.161. The molecule has 3 aromatic heterocycles. The van der Waals surface area contributed by atoms with E-state index in [0.717, 1.165) is 5.56 Å². The quantitative estimate of drug-likeness (QED) is 0.498. The molecule has 0 radical (unpaired) electrons. The number of benzene rings is 1. The molecule has 0 saturated carbocycles. The predicted octanol–water partition coefficient (Wildman–Crippen LogP) is 1.46. The number of oxazole rings is 1. The van der Waals surface area contributed by atoms with Gasteiger partial charge in [0.1, 0.15) is 11.6 Å². The number of hydrogen-bond donors (Lipinski definition) is 3. The molecule has 0 aliphatic carbocycles. The molecule has 0 unspecified atom stereocenters. The van der Waals surface area contributed by atoms with Crippen molar-refractivity contribution >= 4 is 33.9 Å². The molecular weight excluding hydrogens is 336 g/mol. The number of nitrogens with one attached hydrogen (secondary N) is 1. The number of carbonyl (C=O) groups excluding carboxylic acids is 1. The average molecular weight is 352 g/mol. The summed E-state index contributed by atoms with van der Waals surface area (Å²) in [6.45, 7) is 5.42. The van der Waals surface area contributed by atoms with Gasteiger partial charge in [-0.05, 0) is 32.4 Å². The molecule has 1 aromatic carbocycles. The minimum Gasteiger partial charge on any atom is -0.407 e. The number of H-pyrrole nitrogens is 1. The fourth-order valence-electron chi connectivity index (χ4n) is 3.41. The number of primary amides is 1. The molecule has 3 heterocycles. The number of aromatic nitrogens is 4. The number of hydrogen-bond acceptors (Lipinski definition) is 6. The van der Waals surface area contributed by atoms with Crippen LogP contribution >= 0.6 is 0 Å². The van der Waals surface area contributed by atoms with Crippen LogP contribution in [0.2, 0.25) is 0 Å². The van der Waals surface area contributed by atoms with Crippen molar-refractivity contribution in [2.45, 2.75) is 20.8 Å². The molecule has 5 N–H and O–H groups in total. The van der Waals surface area contributed by atoms with Crippen molar-refractivity contribution in [1.82, 2.24) is 19.5 Å². The molecule has 0 aliphatic rings. The van der Waals surface area contributed by atoms with Gasteiger partial charge in [-0.2, -0.15) is 0 Å². The van der Waals surface area contributed by atoms with Gasteiger partial charge >= 0.3 is 5.76 Å². The Balaban J connectivity index is 2.21. The van der Waals surface area contributed by atoms with Crippen molar-refractivity contribution in [3.8, 4) is 5.69 Å². The molecule has 0 fully saturated rings. The van der Waals surface area contributed by atoms with E-state index in [0.29, 0.717) is 39.2 Å². The number of nitrogen functional groups attached to an aromatic ring is 1. The predicted molar refractivity (Wildman–Crippen MR) is 96.4 cm³/mol. The zero-order valence-electron chi connectivity index (χ0n) is 14.4. The van der Waals surface area contributed by atoms with Crippen molar-refractivity contribution in [3.63, 3.8) is 0 Å². The number of anilines is 1. The monoisotopic (exact) mass is 352 g/mol. The Morgan fingerprint density at radius 2 is 2.04 bits per heavy atom. The van der Waals surface area contributed by atoms with E-state index in [1.54, 1.807) is 17.6 Å². The second-order valence-corrected chi connectivity index (χ2v) is 6.17. The number of carbonyl (C=O) groups is 1. The first-order valence-corrected chi connectivity index (χ1v) is 7.86. The van der Waals surface area contributed by atoms with E-state index in [4.69, 9.17) is 15.9 Å². The molecular formula is C17H16N6O3. The fraction of sp³-hybridized carbons (Fsp3) is 0.176. The molecule has 0 atom stereocenters. The zero-order chi connectivity index (χ0) is 18.7. The van der Waals surface area contributed by atoms with E-state index in [1.807, 2.05) is 13.8 Å². The van der Waals surface area contributed by atoms with Crippen LogP contribution in [0.15, 0.2) is 21.5 Å². The highest BCUT2D eigenvalue weighted by Gasteiger charge is 2.24. The molecule has 9 nitrogen and oxygen atoms in total. The van der Waals surface area contributed by atoms with Gasteiger partial charge in [0.15, 0.2) is 11.2 Å². The Morgan fingerprint density at radius 1 is 1.31 bits per heavy atom. The molecule has 0 bridgehead atoms. The third-order valence-corrected chi connectivity index (χ3v) is 4.44. The highest BCUT2D eigenvalue weighted by molar-refractivity contribution is 6.10. The van der Waals surface area contributed by atoms with Crippen molar-refractivity contribution < 1.29 is 9.21 Å². The van der Waals surface area contributed by atoms with Crippen LogP contribution in [0, 0.1) is 20.8 Å². The van der Waals surface area contributed by atoms with Crippen molar-refractivity contribution in [2.24, 2.45) is 5.73 Å². The standard InChI is InChI=1S/C17H16N6O3/c1-6-4-10-13(26-17(25)22-10)7(2)12(6)23-14(18)11(15(19)24)9-5-20-8(3)21-16(9)23/h4-5H,18H2,1-3H3,(H2,19,24)(H,22,25). The van der Waals surface area contributed by atoms with Gasteiger partial charge in [0.25, 0.3) is 5.91 Å². The summed E-state index contributed by atoms with van der Waals surface area (Å²) in [5.41, 5.74) is 15.6. The highest BCUT2D eigenvalue weighted by atomic mass is 16.4. The topological polar surface area (TPSA) is 146 Å². The number of amides is 1. The summed E-state index contributed by atoms with van der Waals surface area (Å²) in [4.78, 5) is 34.8. The molecule has 132 valence electrons. The van der Waals surface area contributed by atoms with Gasteiger partial charge in [-0.25, -0.2) is 14.8 Å². The lowest BCUT2D eigenvalue weighted by atomic mass is 10.1. The van der Waals surface area contributed by atoms with E-state index in [2.05, 4.69) is 15.0 Å². The lowest BCUT2D eigenvalue weighted by Gasteiger charge is -2.14. The molecule has 0 aliphatic heterocycles. The first-order chi connectivity index (χ1) is 12.3. The molecule has 0 saturated heterocycles. The van der Waals surface area contributed by atoms with Crippen LogP contribution in [0.25, 0.3) is 27.8 Å². The van der Waals surface area contributed by atoms with Crippen molar-refractivity contribution in [2.75, 3.05) is 5.73 Å². The summed E-state index contributed by atoms with van der Waals surface area (Å²) in [5, 5.41) is 0.468. The Bertz CT molecular complexity index is 1280. The lowest BCUT2D eigenvalue weighted by molar-refractivity contribution is 0.100. The van der Waals surface area contributed by atoms with Gasteiger partial charge in [-0.1, -0.05) is 0 Å². The number of nitrogens with zero attached hydrogens (tertiary/aromatic N) is 3. The Morgan fingerprint density at radius 3 is 2.73 bits per heavy atom. The smallest absolute Gasteiger partial charge is 0.407 e. The van der Waals surface area contributed by atoms with Crippen LogP contribution in [0.1, 0.15) is 27.3 Å². The van der Waals surface area contributed by atoms with Gasteiger partial charge in [-0.3, -0.25) is 14.3 Å². The number of nitrogens with two attached hydrogens (primary N) is 2. The summed E-state index contributed by atoms with van der Waals surface area (Å²) in [7, 11) is 0. The second kappa shape index (κ2) is 5.19. The van der Waals surface area contributed by atoms with Crippen LogP contribution in [0.4, 0.5) is 5.82 Å². The van der Waals surface area contributed by atoms with E-state index >= 15 is 0 Å².